The predicted molar refractivity (Wildman–Crippen MR) is 116 cm³/mol. The first-order valence-electron chi connectivity index (χ1n) is 10.5. The molecule has 11 heteroatoms. The van der Waals surface area contributed by atoms with Crippen LogP contribution < -0.4 is 15.4 Å². The fourth-order valence-corrected chi connectivity index (χ4v) is 3.09. The Morgan fingerprint density at radius 3 is 2.66 bits per heavy atom. The zero-order valence-electron chi connectivity index (χ0n) is 18.5. The Balaban J connectivity index is 1.82. The predicted octanol–water partition coefficient (Wildman–Crippen LogP) is 2.96. The number of aryl methyl sites for hydroxylation is 1. The van der Waals surface area contributed by atoms with Gasteiger partial charge in [0.15, 0.2) is 5.75 Å². The Labute approximate surface area is 185 Å². The maximum Gasteiger partial charge on any atom is 0.303 e. The lowest BCUT2D eigenvalue weighted by molar-refractivity contribution is -0.114. The monoisotopic (exact) mass is 450 g/mol. The van der Waals surface area contributed by atoms with E-state index in [1.165, 1.54) is 13.1 Å². The number of amides is 1. The number of aromatic nitrogens is 3. The second-order valence-electron chi connectivity index (χ2n) is 7.48. The van der Waals surface area contributed by atoms with Gasteiger partial charge in [-0.1, -0.05) is 6.92 Å². The van der Waals surface area contributed by atoms with Crippen molar-refractivity contribution in [2.75, 3.05) is 50.1 Å². The maximum absolute atomic E-state index is 13.9. The lowest BCUT2D eigenvalue weighted by Crippen LogP contribution is -2.38. The third kappa shape index (κ3) is 6.79. The smallest absolute Gasteiger partial charge is 0.303 e. The van der Waals surface area contributed by atoms with Crippen molar-refractivity contribution >= 4 is 23.2 Å². The van der Waals surface area contributed by atoms with Gasteiger partial charge in [-0.2, -0.15) is 8.78 Å². The highest BCUT2D eigenvalue weighted by Gasteiger charge is 2.29. The minimum Gasteiger partial charge on any atom is -0.488 e. The van der Waals surface area contributed by atoms with Gasteiger partial charge in [0.1, 0.15) is 18.2 Å². The van der Waals surface area contributed by atoms with Crippen LogP contribution in [0.15, 0.2) is 18.3 Å². The summed E-state index contributed by atoms with van der Waals surface area (Å²) in [5.74, 6) is -3.12. The zero-order valence-corrected chi connectivity index (χ0v) is 18.5. The van der Waals surface area contributed by atoms with E-state index in [0.717, 1.165) is 20.0 Å². The molecule has 3 rings (SSSR count). The van der Waals surface area contributed by atoms with Crippen molar-refractivity contribution in [2.24, 2.45) is 0 Å². The van der Waals surface area contributed by atoms with Crippen molar-refractivity contribution in [3.8, 4) is 5.75 Å². The van der Waals surface area contributed by atoms with Gasteiger partial charge in [-0.15, -0.1) is 0 Å². The van der Waals surface area contributed by atoms with Crippen LogP contribution in [-0.2, 0) is 21.9 Å². The van der Waals surface area contributed by atoms with Crippen LogP contribution in [0.25, 0.3) is 0 Å². The summed E-state index contributed by atoms with van der Waals surface area (Å²) < 4.78 is 39.0. The minimum absolute atomic E-state index is 0.200. The molecule has 0 bridgehead atoms. The Morgan fingerprint density at radius 2 is 2.00 bits per heavy atom. The molecule has 9 nitrogen and oxygen atoms in total. The number of morpholine rings is 1. The van der Waals surface area contributed by atoms with Gasteiger partial charge in [0, 0.05) is 51.3 Å². The molecule has 0 spiro atoms. The van der Waals surface area contributed by atoms with E-state index >= 15 is 0 Å². The lowest BCUT2D eigenvalue weighted by Gasteiger charge is -2.26. The largest absolute Gasteiger partial charge is 0.488 e. The number of carbonyl (C=O) groups is 1. The summed E-state index contributed by atoms with van der Waals surface area (Å²) in [5.41, 5.74) is 0.918. The second-order valence-corrected chi connectivity index (χ2v) is 7.48. The second kappa shape index (κ2) is 10.6. The number of nitrogens with one attached hydrogen (secondary N) is 2. The van der Waals surface area contributed by atoms with Crippen LogP contribution in [0, 0.1) is 0 Å². The molecular weight excluding hydrogens is 422 g/mol. The molecule has 2 N–H and O–H groups in total. The molecule has 1 amide bonds. The zero-order chi connectivity index (χ0) is 23.1. The molecule has 1 saturated heterocycles. The van der Waals surface area contributed by atoms with Gasteiger partial charge >= 0.3 is 5.92 Å². The van der Waals surface area contributed by atoms with Crippen LogP contribution >= 0.6 is 0 Å². The van der Waals surface area contributed by atoms with E-state index in [9.17, 15) is 13.6 Å². The molecule has 0 radical (unpaired) electrons. The van der Waals surface area contributed by atoms with Crippen LogP contribution in [0.1, 0.15) is 32.3 Å². The molecule has 1 aliphatic heterocycles. The third-order valence-electron chi connectivity index (χ3n) is 4.74. The summed E-state index contributed by atoms with van der Waals surface area (Å²) >= 11 is 0. The van der Waals surface area contributed by atoms with Crippen molar-refractivity contribution < 1.29 is 23.0 Å². The molecule has 2 aromatic rings. The minimum atomic E-state index is -3.18. The molecule has 174 valence electrons. The standard InChI is InChI=1S/C21H28F2N6O3/c1-4-15-11-19(28-20(26-15)21(3,22)23)27-16-12-18(25-14(2)30)24-13-17(16)32-10-7-29-5-8-31-9-6-29/h11-13H,4-10H2,1-3H3,(H2,24,25,26,27,28,30). The van der Waals surface area contributed by atoms with Gasteiger partial charge in [0.2, 0.25) is 11.7 Å². The van der Waals surface area contributed by atoms with Crippen molar-refractivity contribution in [1.29, 1.82) is 0 Å². The van der Waals surface area contributed by atoms with Gasteiger partial charge in [-0.3, -0.25) is 9.69 Å². The van der Waals surface area contributed by atoms with E-state index in [-0.39, 0.29) is 11.7 Å². The van der Waals surface area contributed by atoms with Gasteiger partial charge in [-0.05, 0) is 6.42 Å². The summed E-state index contributed by atoms with van der Waals surface area (Å²) in [6, 6.07) is 3.17. The molecule has 1 fully saturated rings. The van der Waals surface area contributed by atoms with E-state index < -0.39 is 11.7 Å². The number of halogens is 2. The molecule has 0 aliphatic carbocycles. The average molecular weight is 450 g/mol. The van der Waals surface area contributed by atoms with Gasteiger partial charge < -0.3 is 20.1 Å². The van der Waals surface area contributed by atoms with Gasteiger partial charge in [-0.25, -0.2) is 15.0 Å². The quantitative estimate of drug-likeness (QED) is 0.601. The van der Waals surface area contributed by atoms with Crippen LogP contribution in [-0.4, -0.2) is 65.2 Å². The lowest BCUT2D eigenvalue weighted by atomic mass is 10.2. The van der Waals surface area contributed by atoms with Crippen LogP contribution in [0.3, 0.4) is 0 Å². The van der Waals surface area contributed by atoms with Crippen LogP contribution in [0.2, 0.25) is 0 Å². The molecule has 32 heavy (non-hydrogen) atoms. The Kier molecular flexibility index (Phi) is 7.86. The highest BCUT2D eigenvalue weighted by Crippen LogP contribution is 2.31. The first-order valence-corrected chi connectivity index (χ1v) is 10.5. The SMILES string of the molecule is CCc1cc(Nc2cc(NC(C)=O)ncc2OCCN2CCOCC2)nc(C(C)(F)F)n1. The molecule has 0 aromatic carbocycles. The number of anilines is 3. The number of ether oxygens (including phenoxy) is 2. The van der Waals surface area contributed by atoms with E-state index in [0.29, 0.717) is 55.7 Å². The number of pyridine rings is 1. The summed E-state index contributed by atoms with van der Waals surface area (Å²) in [7, 11) is 0. The number of nitrogens with zero attached hydrogens (tertiary/aromatic N) is 4. The summed E-state index contributed by atoms with van der Waals surface area (Å²) in [5, 5.41) is 5.63. The molecule has 1 aliphatic rings. The fourth-order valence-electron chi connectivity index (χ4n) is 3.09. The van der Waals surface area contributed by atoms with Gasteiger partial charge in [0.25, 0.3) is 0 Å². The van der Waals surface area contributed by atoms with E-state index in [4.69, 9.17) is 9.47 Å². The number of hydrogen-bond donors (Lipinski definition) is 2. The number of alkyl halides is 2. The van der Waals surface area contributed by atoms with Crippen molar-refractivity contribution in [3.05, 3.63) is 29.8 Å². The van der Waals surface area contributed by atoms with Gasteiger partial charge in [0.05, 0.1) is 25.1 Å². The normalized spacial score (nSPS) is 14.8. The molecule has 0 unspecified atom stereocenters. The van der Waals surface area contributed by atoms with Crippen LogP contribution in [0.5, 0.6) is 5.75 Å². The molecule has 3 heterocycles. The van der Waals surface area contributed by atoms with E-state index in [1.807, 2.05) is 6.92 Å². The number of hydrogen-bond acceptors (Lipinski definition) is 8. The molecule has 0 atom stereocenters. The first kappa shape index (κ1) is 23.7. The van der Waals surface area contributed by atoms with Crippen LogP contribution in [0.4, 0.5) is 26.1 Å². The van der Waals surface area contributed by atoms with E-state index in [2.05, 4.69) is 30.5 Å². The Hall–Kier alpha value is -2.92. The van der Waals surface area contributed by atoms with Crippen molar-refractivity contribution in [3.63, 3.8) is 0 Å². The molecular formula is C21H28F2N6O3. The topological polar surface area (TPSA) is 102 Å². The fraction of sp³-hybridized carbons (Fsp3) is 0.524. The summed E-state index contributed by atoms with van der Waals surface area (Å²) in [4.78, 5) is 25.8. The number of carbonyl (C=O) groups excluding carboxylic acids is 1. The van der Waals surface area contributed by atoms with Crippen molar-refractivity contribution in [2.45, 2.75) is 33.1 Å². The molecule has 0 saturated carbocycles. The van der Waals surface area contributed by atoms with E-state index in [1.54, 1.807) is 12.1 Å². The van der Waals surface area contributed by atoms with Crippen molar-refractivity contribution in [1.82, 2.24) is 19.9 Å². The highest BCUT2D eigenvalue weighted by molar-refractivity contribution is 5.88. The third-order valence-corrected chi connectivity index (χ3v) is 4.74. The highest BCUT2D eigenvalue weighted by atomic mass is 19.3. The average Bonchev–Trinajstić information content (AvgIpc) is 2.74. The first-order chi connectivity index (χ1) is 15.2. The summed E-state index contributed by atoms with van der Waals surface area (Å²) in [6.45, 7) is 8.11. The Morgan fingerprint density at radius 1 is 1.25 bits per heavy atom. The summed E-state index contributed by atoms with van der Waals surface area (Å²) in [6.07, 6.45) is 1.95. The Bertz CT molecular complexity index is 932. The molecule has 2 aromatic heterocycles. The maximum atomic E-state index is 13.9. The number of rotatable bonds is 9.